The Labute approximate surface area is 156 Å². The average Bonchev–Trinajstić information content (AvgIpc) is 2.65. The lowest BCUT2D eigenvalue weighted by Gasteiger charge is -2.35. The van der Waals surface area contributed by atoms with Crippen LogP contribution in [0, 0.1) is 0 Å². The summed E-state index contributed by atoms with van der Waals surface area (Å²) in [5, 5.41) is 0.434. The van der Waals surface area contributed by atoms with E-state index in [1.54, 1.807) is 56.6 Å². The van der Waals surface area contributed by atoms with Gasteiger partial charge < -0.3 is 19.3 Å². The molecule has 1 atom stereocenters. The molecule has 26 heavy (non-hydrogen) atoms. The van der Waals surface area contributed by atoms with Gasteiger partial charge in [-0.1, -0.05) is 35.9 Å². The minimum absolute atomic E-state index is 0.124. The van der Waals surface area contributed by atoms with Crippen molar-refractivity contribution in [1.82, 2.24) is 4.90 Å². The Bertz CT molecular complexity index is 825. The molecule has 1 aliphatic heterocycles. The van der Waals surface area contributed by atoms with Gasteiger partial charge in [0.2, 0.25) is 0 Å². The monoisotopic (exact) mass is 374 g/mol. The molecule has 2 aromatic carbocycles. The van der Waals surface area contributed by atoms with Gasteiger partial charge in [0.15, 0.2) is 12.7 Å². The number of amides is 2. The molecule has 6 nitrogen and oxygen atoms in total. The van der Waals surface area contributed by atoms with Crippen molar-refractivity contribution in [2.75, 3.05) is 32.1 Å². The number of anilines is 1. The van der Waals surface area contributed by atoms with Crippen LogP contribution in [0.1, 0.15) is 0 Å². The molecule has 0 spiro atoms. The number of halogens is 1. The lowest BCUT2D eigenvalue weighted by molar-refractivity contribution is -0.136. The zero-order valence-corrected chi connectivity index (χ0v) is 15.3. The second-order valence-electron chi connectivity index (χ2n) is 6.03. The molecule has 0 radical (unpaired) electrons. The lowest BCUT2D eigenvalue weighted by Crippen LogP contribution is -2.51. The number of fused-ring (bicyclic) bond motifs is 1. The quantitative estimate of drug-likeness (QED) is 0.825. The molecule has 2 amide bonds. The highest BCUT2D eigenvalue weighted by molar-refractivity contribution is 6.32. The number of carbonyl (C=O) groups is 2. The Morgan fingerprint density at radius 2 is 1.88 bits per heavy atom. The predicted octanol–water partition coefficient (Wildman–Crippen LogP) is 2.60. The molecule has 136 valence electrons. The van der Waals surface area contributed by atoms with Crippen molar-refractivity contribution >= 4 is 29.1 Å². The molecule has 1 heterocycles. The van der Waals surface area contributed by atoms with E-state index in [9.17, 15) is 9.59 Å². The molecule has 0 bridgehead atoms. The van der Waals surface area contributed by atoms with Crippen LogP contribution >= 0.6 is 11.6 Å². The third-order valence-electron chi connectivity index (χ3n) is 3.98. The van der Waals surface area contributed by atoms with E-state index >= 15 is 0 Å². The number of carbonyl (C=O) groups excluding carboxylic acids is 2. The van der Waals surface area contributed by atoms with Crippen molar-refractivity contribution in [2.45, 2.75) is 6.10 Å². The Hall–Kier alpha value is -2.73. The maximum absolute atomic E-state index is 12.8. The summed E-state index contributed by atoms with van der Waals surface area (Å²) in [4.78, 5) is 28.0. The van der Waals surface area contributed by atoms with Crippen molar-refractivity contribution < 1.29 is 19.1 Å². The minimum Gasteiger partial charge on any atom is -0.482 e. The molecule has 3 rings (SSSR count). The summed E-state index contributed by atoms with van der Waals surface area (Å²) in [6.07, 6.45) is -0.760. The number of rotatable bonds is 4. The van der Waals surface area contributed by atoms with Gasteiger partial charge >= 0.3 is 0 Å². The first-order valence-electron chi connectivity index (χ1n) is 8.12. The number of nitrogens with zero attached hydrogens (tertiary/aromatic N) is 2. The highest BCUT2D eigenvalue weighted by atomic mass is 35.5. The summed E-state index contributed by atoms with van der Waals surface area (Å²) in [7, 11) is 3.30. The van der Waals surface area contributed by atoms with Crippen LogP contribution in [0.3, 0.4) is 0 Å². The number of hydrogen-bond donors (Lipinski definition) is 0. The van der Waals surface area contributed by atoms with Gasteiger partial charge in [0.25, 0.3) is 11.8 Å². The molecule has 0 unspecified atom stereocenters. The fourth-order valence-corrected chi connectivity index (χ4v) is 2.86. The van der Waals surface area contributed by atoms with Crippen LogP contribution in [-0.4, -0.2) is 50.1 Å². The Morgan fingerprint density at radius 1 is 1.19 bits per heavy atom. The molecule has 0 aliphatic carbocycles. The Morgan fingerprint density at radius 3 is 2.62 bits per heavy atom. The molecular formula is C19H19ClN2O4. The predicted molar refractivity (Wildman–Crippen MR) is 98.9 cm³/mol. The molecule has 0 fully saturated rings. The molecule has 0 saturated carbocycles. The summed E-state index contributed by atoms with van der Waals surface area (Å²) in [5.74, 6) is 0.441. The van der Waals surface area contributed by atoms with E-state index < -0.39 is 6.10 Å². The zero-order chi connectivity index (χ0) is 18.7. The first kappa shape index (κ1) is 18.1. The van der Waals surface area contributed by atoms with Gasteiger partial charge in [-0.15, -0.1) is 0 Å². The van der Waals surface area contributed by atoms with Gasteiger partial charge in [0.05, 0.1) is 17.3 Å². The molecule has 0 N–H and O–H groups in total. The van der Waals surface area contributed by atoms with Crippen LogP contribution in [-0.2, 0) is 9.59 Å². The van der Waals surface area contributed by atoms with E-state index in [-0.39, 0.29) is 25.0 Å². The normalized spacial score (nSPS) is 15.7. The smallest absolute Gasteiger partial charge is 0.265 e. The van der Waals surface area contributed by atoms with E-state index in [4.69, 9.17) is 21.1 Å². The number of benzene rings is 2. The van der Waals surface area contributed by atoms with E-state index in [1.807, 2.05) is 6.07 Å². The van der Waals surface area contributed by atoms with Gasteiger partial charge in [0.1, 0.15) is 11.5 Å². The van der Waals surface area contributed by atoms with E-state index in [0.717, 1.165) is 0 Å². The van der Waals surface area contributed by atoms with E-state index in [2.05, 4.69) is 0 Å². The summed E-state index contributed by atoms with van der Waals surface area (Å²) in [5.41, 5.74) is 0.614. The highest BCUT2D eigenvalue weighted by Crippen LogP contribution is 2.33. The van der Waals surface area contributed by atoms with Gasteiger partial charge in [-0.25, -0.2) is 0 Å². The van der Waals surface area contributed by atoms with Crippen molar-refractivity contribution in [1.29, 1.82) is 0 Å². The fraction of sp³-hybridized carbons (Fsp3) is 0.263. The number of ether oxygens (including phenoxy) is 2. The van der Waals surface area contributed by atoms with Gasteiger partial charge in [-0.05, 0) is 24.3 Å². The fourth-order valence-electron chi connectivity index (χ4n) is 2.67. The lowest BCUT2D eigenvalue weighted by atomic mass is 10.1. The number of hydrogen-bond acceptors (Lipinski definition) is 4. The average molecular weight is 375 g/mol. The van der Waals surface area contributed by atoms with E-state index in [1.165, 1.54) is 9.80 Å². The highest BCUT2D eigenvalue weighted by Gasteiger charge is 2.34. The molecule has 0 saturated heterocycles. The molecule has 0 aromatic heterocycles. The van der Waals surface area contributed by atoms with Crippen molar-refractivity contribution in [3.8, 4) is 11.5 Å². The summed E-state index contributed by atoms with van der Waals surface area (Å²) in [6.45, 7) is -0.0698. The van der Waals surface area contributed by atoms with Crippen molar-refractivity contribution in [3.63, 3.8) is 0 Å². The van der Waals surface area contributed by atoms with Crippen LogP contribution < -0.4 is 14.4 Å². The van der Waals surface area contributed by atoms with Crippen molar-refractivity contribution in [3.05, 3.63) is 53.6 Å². The topological polar surface area (TPSA) is 59.1 Å². The summed E-state index contributed by atoms with van der Waals surface area (Å²) in [6, 6.07) is 14.1. The van der Waals surface area contributed by atoms with E-state index in [0.29, 0.717) is 22.2 Å². The van der Waals surface area contributed by atoms with Crippen LogP contribution in [0.2, 0.25) is 5.02 Å². The van der Waals surface area contributed by atoms with Crippen LogP contribution in [0.15, 0.2) is 48.5 Å². The SMILES string of the molecule is CN(C)C(=O)[C@H]1CN(C(=O)COc2ccccc2Cl)c2ccccc2O1. The number of para-hydroxylation sites is 3. The summed E-state index contributed by atoms with van der Waals surface area (Å²) < 4.78 is 11.3. The standard InChI is InChI=1S/C19H19ClN2O4/c1-21(2)19(24)17-11-22(14-8-4-6-10-16(14)26-17)18(23)12-25-15-9-5-3-7-13(15)20/h3-10,17H,11-12H2,1-2H3/t17-/m1/s1. The molecule has 2 aromatic rings. The van der Waals surface area contributed by atoms with Gasteiger partial charge in [0, 0.05) is 14.1 Å². The Kier molecular flexibility index (Phi) is 5.32. The van der Waals surface area contributed by atoms with Crippen LogP contribution in [0.25, 0.3) is 0 Å². The maximum Gasteiger partial charge on any atom is 0.265 e. The first-order chi connectivity index (χ1) is 12.5. The third kappa shape index (κ3) is 3.75. The molecular weight excluding hydrogens is 356 g/mol. The minimum atomic E-state index is -0.760. The summed E-state index contributed by atoms with van der Waals surface area (Å²) >= 11 is 6.05. The molecule has 1 aliphatic rings. The maximum atomic E-state index is 12.8. The second kappa shape index (κ2) is 7.66. The first-order valence-corrected chi connectivity index (χ1v) is 8.49. The van der Waals surface area contributed by atoms with Gasteiger partial charge in [-0.3, -0.25) is 9.59 Å². The Balaban J connectivity index is 1.79. The number of likely N-dealkylation sites (N-methyl/N-ethyl adjacent to an activating group) is 1. The van der Waals surface area contributed by atoms with Crippen LogP contribution in [0.4, 0.5) is 5.69 Å². The molecule has 7 heteroatoms. The van der Waals surface area contributed by atoms with Gasteiger partial charge in [-0.2, -0.15) is 0 Å². The van der Waals surface area contributed by atoms with Crippen molar-refractivity contribution in [2.24, 2.45) is 0 Å². The van der Waals surface area contributed by atoms with Crippen LogP contribution in [0.5, 0.6) is 11.5 Å². The third-order valence-corrected chi connectivity index (χ3v) is 4.29. The largest absolute Gasteiger partial charge is 0.482 e. The second-order valence-corrected chi connectivity index (χ2v) is 6.44. The zero-order valence-electron chi connectivity index (χ0n) is 14.5.